The minimum Gasteiger partial charge on any atom is -0.367 e. The Morgan fingerprint density at radius 1 is 0.947 bits per heavy atom. The van der Waals surface area contributed by atoms with Gasteiger partial charge in [-0.1, -0.05) is 47.6 Å². The molecule has 1 heterocycles. The maximum Gasteiger partial charge on any atom is 0.230 e. The molecule has 0 fully saturated rings. The van der Waals surface area contributed by atoms with Crippen LogP contribution in [0.4, 0.5) is 5.88 Å². The third-order valence-corrected chi connectivity index (χ3v) is 3.55. The summed E-state index contributed by atoms with van der Waals surface area (Å²) in [5.41, 5.74) is 9.56. The molecular formula is C15H11IN2O. The van der Waals surface area contributed by atoms with E-state index in [1.807, 2.05) is 48.5 Å². The van der Waals surface area contributed by atoms with Gasteiger partial charge in [0.25, 0.3) is 0 Å². The molecule has 0 bridgehead atoms. The fraction of sp³-hybridized carbons (Fsp3) is 0. The van der Waals surface area contributed by atoms with Crippen LogP contribution < -0.4 is 5.73 Å². The molecule has 3 aromatic rings. The molecular weight excluding hydrogens is 351 g/mol. The molecule has 0 unspecified atom stereocenters. The molecule has 0 aliphatic carbocycles. The highest BCUT2D eigenvalue weighted by molar-refractivity contribution is 14.1. The van der Waals surface area contributed by atoms with E-state index in [0.717, 1.165) is 26.0 Å². The Balaban J connectivity index is 2.19. The second kappa shape index (κ2) is 5.05. The summed E-state index contributed by atoms with van der Waals surface area (Å²) in [5, 5.41) is 4.10. The zero-order valence-electron chi connectivity index (χ0n) is 10.0. The molecule has 0 saturated carbocycles. The van der Waals surface area contributed by atoms with Gasteiger partial charge in [0.15, 0.2) is 0 Å². The first-order valence-corrected chi connectivity index (χ1v) is 6.90. The Labute approximate surface area is 124 Å². The lowest BCUT2D eigenvalue weighted by Gasteiger charge is -2.03. The largest absolute Gasteiger partial charge is 0.367 e. The Morgan fingerprint density at radius 3 is 2.42 bits per heavy atom. The maximum atomic E-state index is 5.92. The van der Waals surface area contributed by atoms with Crippen LogP contribution in [0.1, 0.15) is 0 Å². The Kier molecular flexibility index (Phi) is 3.25. The highest BCUT2D eigenvalue weighted by Gasteiger charge is 2.17. The van der Waals surface area contributed by atoms with E-state index in [4.69, 9.17) is 10.3 Å². The number of benzene rings is 2. The molecule has 0 aliphatic rings. The van der Waals surface area contributed by atoms with Gasteiger partial charge < -0.3 is 10.3 Å². The Hall–Kier alpha value is -1.82. The normalized spacial score (nSPS) is 10.6. The molecule has 3 rings (SSSR count). The molecule has 0 atom stereocenters. The first kappa shape index (κ1) is 12.2. The molecule has 1 aromatic heterocycles. The first-order chi connectivity index (χ1) is 9.25. The quantitative estimate of drug-likeness (QED) is 0.696. The minimum absolute atomic E-state index is 0.347. The Morgan fingerprint density at radius 2 is 1.68 bits per heavy atom. The summed E-state index contributed by atoms with van der Waals surface area (Å²) in [6, 6.07) is 18.0. The molecule has 2 N–H and O–H groups in total. The van der Waals surface area contributed by atoms with Gasteiger partial charge in [-0.25, -0.2) is 0 Å². The number of nitrogens with zero attached hydrogens (tertiary/aromatic N) is 1. The van der Waals surface area contributed by atoms with E-state index in [0.29, 0.717) is 5.88 Å². The van der Waals surface area contributed by atoms with Crippen molar-refractivity contribution < 1.29 is 4.52 Å². The van der Waals surface area contributed by atoms with Crippen LogP contribution in [0.3, 0.4) is 0 Å². The third kappa shape index (κ3) is 2.35. The average molecular weight is 362 g/mol. The van der Waals surface area contributed by atoms with E-state index in [1.165, 1.54) is 0 Å². The molecule has 0 spiro atoms. The van der Waals surface area contributed by atoms with Crippen LogP contribution in [0.25, 0.3) is 22.4 Å². The minimum atomic E-state index is 0.347. The second-order valence-corrected chi connectivity index (χ2v) is 5.39. The lowest BCUT2D eigenvalue weighted by Crippen LogP contribution is -1.87. The number of hydrogen-bond donors (Lipinski definition) is 1. The number of nitrogens with two attached hydrogens (primary N) is 1. The van der Waals surface area contributed by atoms with Crippen LogP contribution in [0, 0.1) is 3.57 Å². The van der Waals surface area contributed by atoms with E-state index >= 15 is 0 Å². The van der Waals surface area contributed by atoms with Crippen molar-refractivity contribution in [3.8, 4) is 22.4 Å². The average Bonchev–Trinajstić information content (AvgIpc) is 2.82. The van der Waals surface area contributed by atoms with Gasteiger partial charge >= 0.3 is 0 Å². The van der Waals surface area contributed by atoms with E-state index in [-0.39, 0.29) is 0 Å². The number of halogens is 1. The van der Waals surface area contributed by atoms with Crippen LogP contribution in [-0.4, -0.2) is 5.16 Å². The van der Waals surface area contributed by atoms with Crippen LogP contribution in [0.15, 0.2) is 59.1 Å². The van der Waals surface area contributed by atoms with Gasteiger partial charge in [-0.15, -0.1) is 0 Å². The van der Waals surface area contributed by atoms with Gasteiger partial charge in [-0.2, -0.15) is 0 Å². The molecule has 0 saturated heterocycles. The van der Waals surface area contributed by atoms with Gasteiger partial charge in [0, 0.05) is 9.13 Å². The van der Waals surface area contributed by atoms with Gasteiger partial charge in [0.05, 0.1) is 5.56 Å². The first-order valence-electron chi connectivity index (χ1n) is 5.82. The number of anilines is 1. The third-order valence-electron chi connectivity index (χ3n) is 2.88. The van der Waals surface area contributed by atoms with Crippen molar-refractivity contribution in [2.45, 2.75) is 0 Å². The van der Waals surface area contributed by atoms with Gasteiger partial charge in [0.1, 0.15) is 5.69 Å². The summed E-state index contributed by atoms with van der Waals surface area (Å²) < 4.78 is 6.32. The summed E-state index contributed by atoms with van der Waals surface area (Å²) in [4.78, 5) is 0. The van der Waals surface area contributed by atoms with Crippen molar-refractivity contribution in [2.75, 3.05) is 5.73 Å². The fourth-order valence-corrected chi connectivity index (χ4v) is 2.56. The number of rotatable bonds is 2. The summed E-state index contributed by atoms with van der Waals surface area (Å²) in [7, 11) is 0. The van der Waals surface area contributed by atoms with Crippen LogP contribution in [0.2, 0.25) is 0 Å². The number of hydrogen-bond acceptors (Lipinski definition) is 3. The van der Waals surface area contributed by atoms with Gasteiger partial charge in [-0.3, -0.25) is 0 Å². The van der Waals surface area contributed by atoms with Crippen molar-refractivity contribution in [3.63, 3.8) is 0 Å². The zero-order chi connectivity index (χ0) is 13.2. The van der Waals surface area contributed by atoms with Crippen LogP contribution in [-0.2, 0) is 0 Å². The summed E-state index contributed by atoms with van der Waals surface area (Å²) in [6.45, 7) is 0. The summed E-state index contributed by atoms with van der Waals surface area (Å²) >= 11 is 2.28. The molecule has 0 aliphatic heterocycles. The number of aromatic nitrogens is 1. The molecule has 94 valence electrons. The van der Waals surface area contributed by atoms with Crippen molar-refractivity contribution >= 4 is 28.5 Å². The van der Waals surface area contributed by atoms with Gasteiger partial charge in [0.2, 0.25) is 5.88 Å². The van der Waals surface area contributed by atoms with Crippen molar-refractivity contribution in [2.24, 2.45) is 0 Å². The maximum absolute atomic E-state index is 5.92. The van der Waals surface area contributed by atoms with Crippen molar-refractivity contribution in [1.82, 2.24) is 5.16 Å². The Bertz CT molecular complexity index is 707. The van der Waals surface area contributed by atoms with E-state index in [1.54, 1.807) is 0 Å². The van der Waals surface area contributed by atoms with E-state index < -0.39 is 0 Å². The van der Waals surface area contributed by atoms with Gasteiger partial charge in [-0.05, 0) is 40.3 Å². The number of nitrogen functional groups attached to an aromatic ring is 1. The monoisotopic (exact) mass is 362 g/mol. The molecule has 19 heavy (non-hydrogen) atoms. The standard InChI is InChI=1S/C15H11IN2O/c16-12-8-4-7-11(9-12)14-13(15(17)19-18-14)10-5-2-1-3-6-10/h1-9H,17H2. The van der Waals surface area contributed by atoms with E-state index in [2.05, 4.69) is 33.8 Å². The molecule has 4 heteroatoms. The second-order valence-electron chi connectivity index (χ2n) is 4.15. The van der Waals surface area contributed by atoms with Crippen molar-refractivity contribution in [3.05, 3.63) is 58.2 Å². The summed E-state index contributed by atoms with van der Waals surface area (Å²) in [5.74, 6) is 0.347. The topological polar surface area (TPSA) is 52.0 Å². The van der Waals surface area contributed by atoms with Crippen LogP contribution in [0.5, 0.6) is 0 Å². The molecule has 0 radical (unpaired) electrons. The predicted octanol–water partition coefficient (Wildman–Crippen LogP) is 4.20. The van der Waals surface area contributed by atoms with Crippen LogP contribution >= 0.6 is 22.6 Å². The highest BCUT2D eigenvalue weighted by Crippen LogP contribution is 2.36. The van der Waals surface area contributed by atoms with E-state index in [9.17, 15) is 0 Å². The smallest absolute Gasteiger partial charge is 0.230 e. The lowest BCUT2D eigenvalue weighted by atomic mass is 10.0. The predicted molar refractivity (Wildman–Crippen MR) is 84.5 cm³/mol. The fourth-order valence-electron chi connectivity index (χ4n) is 2.02. The SMILES string of the molecule is Nc1onc(-c2cccc(I)c2)c1-c1ccccc1. The molecule has 0 amide bonds. The molecule has 3 nitrogen and oxygen atoms in total. The summed E-state index contributed by atoms with van der Waals surface area (Å²) in [6.07, 6.45) is 0. The lowest BCUT2D eigenvalue weighted by molar-refractivity contribution is 0.439. The highest BCUT2D eigenvalue weighted by atomic mass is 127. The van der Waals surface area contributed by atoms with Crippen molar-refractivity contribution in [1.29, 1.82) is 0 Å². The molecule has 2 aromatic carbocycles. The zero-order valence-corrected chi connectivity index (χ0v) is 12.2.